The van der Waals surface area contributed by atoms with Crippen molar-refractivity contribution >= 4 is 10.8 Å². The first-order valence-corrected chi connectivity index (χ1v) is 9.94. The lowest BCUT2D eigenvalue weighted by molar-refractivity contribution is -0.265. The number of pyridine rings is 1. The highest BCUT2D eigenvalue weighted by Gasteiger charge is 2.41. The van der Waals surface area contributed by atoms with Gasteiger partial charge in [-0.15, -0.1) is 0 Å². The predicted octanol–water partition coefficient (Wildman–Crippen LogP) is 4.55. The van der Waals surface area contributed by atoms with Crippen molar-refractivity contribution in [1.29, 1.82) is 0 Å². The highest BCUT2D eigenvalue weighted by atomic mass is 16.7. The van der Waals surface area contributed by atoms with Gasteiger partial charge in [-0.2, -0.15) is 5.06 Å². The summed E-state index contributed by atoms with van der Waals surface area (Å²) in [5, 5.41) is 4.34. The number of ether oxygens (including phenoxy) is 2. The van der Waals surface area contributed by atoms with Crippen molar-refractivity contribution in [2.75, 3.05) is 19.7 Å². The molecule has 0 amide bonds. The van der Waals surface area contributed by atoms with E-state index in [4.69, 9.17) is 14.3 Å². The van der Waals surface area contributed by atoms with E-state index in [9.17, 15) is 0 Å². The Morgan fingerprint density at radius 2 is 1.89 bits per heavy atom. The maximum absolute atomic E-state index is 6.32. The van der Waals surface area contributed by atoms with Crippen molar-refractivity contribution in [3.63, 3.8) is 0 Å². The van der Waals surface area contributed by atoms with Gasteiger partial charge in [0.1, 0.15) is 5.75 Å². The summed E-state index contributed by atoms with van der Waals surface area (Å²) in [7, 11) is 0. The minimum Gasteiger partial charge on any atom is -0.462 e. The van der Waals surface area contributed by atoms with E-state index in [-0.39, 0.29) is 0 Å². The maximum Gasteiger partial charge on any atom is 0.213 e. The second-order valence-corrected chi connectivity index (χ2v) is 7.39. The Labute approximate surface area is 164 Å². The van der Waals surface area contributed by atoms with Crippen LogP contribution >= 0.6 is 0 Å². The molecule has 1 fully saturated rings. The summed E-state index contributed by atoms with van der Waals surface area (Å²) in [5.74, 6) is 0.393. The van der Waals surface area contributed by atoms with Gasteiger partial charge in [0.15, 0.2) is 0 Å². The normalized spacial score (nSPS) is 18.8. The first kappa shape index (κ1) is 17.6. The van der Waals surface area contributed by atoms with E-state index in [2.05, 4.69) is 47.4 Å². The number of fused-ring (bicyclic) bond motifs is 2. The second-order valence-electron chi connectivity index (χ2n) is 7.39. The molecule has 0 unspecified atom stereocenters. The number of nitrogens with zero attached hydrogens (tertiary/aromatic N) is 2. The molecular weight excluding hydrogens is 352 g/mol. The Hall–Kier alpha value is -2.47. The van der Waals surface area contributed by atoms with Gasteiger partial charge in [0.05, 0.1) is 18.9 Å². The van der Waals surface area contributed by atoms with Gasteiger partial charge in [0.2, 0.25) is 5.79 Å². The summed E-state index contributed by atoms with van der Waals surface area (Å²) in [6, 6.07) is 16.7. The number of piperidine rings is 1. The topological polar surface area (TPSA) is 43.8 Å². The summed E-state index contributed by atoms with van der Waals surface area (Å²) in [6.45, 7) is 4.91. The van der Waals surface area contributed by atoms with Gasteiger partial charge in [0.25, 0.3) is 0 Å². The van der Waals surface area contributed by atoms with Crippen LogP contribution in [0.1, 0.15) is 25.3 Å². The lowest BCUT2D eigenvalue weighted by atomic mass is 10.0. The SMILES string of the molecule is CCON1CCC2(CC1)OCc1cc(-c3cc4ccccc4cn3)ccc1O2. The summed E-state index contributed by atoms with van der Waals surface area (Å²) in [6.07, 6.45) is 3.54. The highest BCUT2D eigenvalue weighted by molar-refractivity contribution is 5.85. The van der Waals surface area contributed by atoms with Gasteiger partial charge in [0, 0.05) is 48.6 Å². The maximum atomic E-state index is 6.32. The lowest BCUT2D eigenvalue weighted by Crippen LogP contribution is -2.51. The van der Waals surface area contributed by atoms with Crippen molar-refractivity contribution in [2.24, 2.45) is 0 Å². The van der Waals surface area contributed by atoms with Crippen LogP contribution in [0.3, 0.4) is 0 Å². The molecule has 3 aromatic rings. The third kappa shape index (κ3) is 3.26. The molecule has 1 spiro atoms. The molecule has 5 heteroatoms. The van der Waals surface area contributed by atoms with Crippen molar-refractivity contribution in [2.45, 2.75) is 32.2 Å². The molecular formula is C23H24N2O3. The van der Waals surface area contributed by atoms with Gasteiger partial charge in [-0.25, -0.2) is 0 Å². The van der Waals surface area contributed by atoms with E-state index in [1.54, 1.807) is 0 Å². The molecule has 5 nitrogen and oxygen atoms in total. The van der Waals surface area contributed by atoms with Crippen LogP contribution in [0.25, 0.3) is 22.0 Å². The van der Waals surface area contributed by atoms with Gasteiger partial charge >= 0.3 is 0 Å². The molecule has 0 bridgehead atoms. The van der Waals surface area contributed by atoms with E-state index >= 15 is 0 Å². The minimum atomic E-state index is -0.524. The number of benzene rings is 2. The van der Waals surface area contributed by atoms with E-state index in [1.807, 2.05) is 24.3 Å². The summed E-state index contributed by atoms with van der Waals surface area (Å²) in [5.41, 5.74) is 3.12. The summed E-state index contributed by atoms with van der Waals surface area (Å²) < 4.78 is 12.5. The fourth-order valence-electron chi connectivity index (χ4n) is 4.02. The molecule has 0 N–H and O–H groups in total. The van der Waals surface area contributed by atoms with Crippen LogP contribution in [0.2, 0.25) is 0 Å². The standard InChI is InChI=1S/C23H24N2O3/c1-2-27-25-11-9-23(10-12-25)26-16-20-13-18(7-8-22(20)28-23)21-14-17-5-3-4-6-19(17)15-24-21/h3-8,13-15H,2,9-12,16H2,1H3. The molecule has 0 radical (unpaired) electrons. The van der Waals surface area contributed by atoms with Crippen molar-refractivity contribution in [1.82, 2.24) is 10.0 Å². The monoisotopic (exact) mass is 376 g/mol. The average Bonchev–Trinajstić information content (AvgIpc) is 2.75. The Bertz CT molecular complexity index is 996. The summed E-state index contributed by atoms with van der Waals surface area (Å²) >= 11 is 0. The van der Waals surface area contributed by atoms with Crippen LogP contribution in [-0.2, 0) is 16.2 Å². The van der Waals surface area contributed by atoms with E-state index in [0.717, 1.165) is 53.9 Å². The number of aromatic nitrogens is 1. The Morgan fingerprint density at radius 1 is 1.07 bits per heavy atom. The zero-order chi connectivity index (χ0) is 19.0. The largest absolute Gasteiger partial charge is 0.462 e. The third-order valence-corrected chi connectivity index (χ3v) is 5.57. The zero-order valence-corrected chi connectivity index (χ0v) is 16.1. The van der Waals surface area contributed by atoms with Crippen LogP contribution < -0.4 is 4.74 Å². The van der Waals surface area contributed by atoms with E-state index in [0.29, 0.717) is 13.2 Å². The molecule has 1 aromatic heterocycles. The fourth-order valence-corrected chi connectivity index (χ4v) is 4.02. The van der Waals surface area contributed by atoms with Crippen LogP contribution in [0.4, 0.5) is 0 Å². The zero-order valence-electron chi connectivity index (χ0n) is 16.1. The number of hydroxylamine groups is 2. The van der Waals surface area contributed by atoms with Crippen molar-refractivity contribution in [3.05, 3.63) is 60.3 Å². The minimum absolute atomic E-state index is 0.524. The van der Waals surface area contributed by atoms with Crippen LogP contribution in [-0.4, -0.2) is 35.5 Å². The third-order valence-electron chi connectivity index (χ3n) is 5.57. The molecule has 0 atom stereocenters. The highest BCUT2D eigenvalue weighted by Crippen LogP contribution is 2.39. The Morgan fingerprint density at radius 3 is 2.71 bits per heavy atom. The van der Waals surface area contributed by atoms with Crippen LogP contribution in [0.15, 0.2) is 54.7 Å². The van der Waals surface area contributed by atoms with Gasteiger partial charge in [-0.05, 0) is 36.6 Å². The molecule has 144 valence electrons. The predicted molar refractivity (Wildman–Crippen MR) is 108 cm³/mol. The number of hydrogen-bond donors (Lipinski definition) is 0. The van der Waals surface area contributed by atoms with Gasteiger partial charge in [-0.3, -0.25) is 9.82 Å². The second kappa shape index (κ2) is 7.17. The summed E-state index contributed by atoms with van der Waals surface area (Å²) in [4.78, 5) is 10.2. The smallest absolute Gasteiger partial charge is 0.213 e. The molecule has 3 heterocycles. The molecule has 5 rings (SSSR count). The Balaban J connectivity index is 1.37. The fraction of sp³-hybridized carbons (Fsp3) is 0.348. The number of rotatable bonds is 3. The first-order chi connectivity index (χ1) is 13.7. The van der Waals surface area contributed by atoms with Crippen LogP contribution in [0.5, 0.6) is 5.75 Å². The van der Waals surface area contributed by atoms with Gasteiger partial charge in [-0.1, -0.05) is 24.3 Å². The molecule has 28 heavy (non-hydrogen) atoms. The first-order valence-electron chi connectivity index (χ1n) is 9.94. The molecule has 0 saturated carbocycles. The quantitative estimate of drug-likeness (QED) is 0.671. The number of hydrogen-bond acceptors (Lipinski definition) is 5. The van der Waals surface area contributed by atoms with E-state index < -0.39 is 5.79 Å². The lowest BCUT2D eigenvalue weighted by Gasteiger charge is -2.43. The molecule has 2 aromatic carbocycles. The molecule has 2 aliphatic heterocycles. The molecule has 2 aliphatic rings. The van der Waals surface area contributed by atoms with Crippen molar-refractivity contribution < 1.29 is 14.3 Å². The average molecular weight is 376 g/mol. The van der Waals surface area contributed by atoms with Crippen LogP contribution in [0, 0.1) is 0 Å². The van der Waals surface area contributed by atoms with E-state index in [1.165, 1.54) is 5.39 Å². The molecule has 1 saturated heterocycles. The van der Waals surface area contributed by atoms with Gasteiger partial charge < -0.3 is 9.47 Å². The van der Waals surface area contributed by atoms with Crippen molar-refractivity contribution in [3.8, 4) is 17.0 Å². The Kier molecular flexibility index (Phi) is 4.51. The molecule has 0 aliphatic carbocycles.